The standard InChI is InChI=1S/C10H8Cl2N4OS/c1-16(3-6-4-18-5-13-6)10(17)7-2-8(11)14-15-9(7)12/h2,4-5H,3H2,1H3. The van der Waals surface area contributed by atoms with E-state index < -0.39 is 0 Å². The van der Waals surface area contributed by atoms with Crippen molar-refractivity contribution in [3.63, 3.8) is 0 Å². The van der Waals surface area contributed by atoms with Gasteiger partial charge in [0.25, 0.3) is 5.91 Å². The maximum atomic E-state index is 12.1. The van der Waals surface area contributed by atoms with Crippen LogP contribution in [-0.4, -0.2) is 33.0 Å². The minimum absolute atomic E-state index is 0.0366. The summed E-state index contributed by atoms with van der Waals surface area (Å²) in [6, 6.07) is 1.40. The smallest absolute Gasteiger partial charge is 0.257 e. The van der Waals surface area contributed by atoms with Gasteiger partial charge in [-0.1, -0.05) is 23.2 Å². The maximum absolute atomic E-state index is 12.1. The molecule has 0 aromatic carbocycles. The minimum atomic E-state index is -0.273. The number of thiazole rings is 1. The van der Waals surface area contributed by atoms with E-state index in [-0.39, 0.29) is 21.8 Å². The van der Waals surface area contributed by atoms with Gasteiger partial charge in [-0.2, -0.15) is 0 Å². The van der Waals surface area contributed by atoms with Gasteiger partial charge in [0, 0.05) is 12.4 Å². The van der Waals surface area contributed by atoms with Crippen LogP contribution in [0.15, 0.2) is 17.0 Å². The van der Waals surface area contributed by atoms with Gasteiger partial charge in [-0.25, -0.2) is 4.98 Å². The molecule has 2 aromatic rings. The van der Waals surface area contributed by atoms with Crippen molar-refractivity contribution in [1.29, 1.82) is 0 Å². The second-order valence-electron chi connectivity index (χ2n) is 3.51. The van der Waals surface area contributed by atoms with Gasteiger partial charge in [-0.05, 0) is 6.07 Å². The summed E-state index contributed by atoms with van der Waals surface area (Å²) in [6.45, 7) is 0.401. The number of hydrogen-bond acceptors (Lipinski definition) is 5. The molecule has 0 aliphatic carbocycles. The lowest BCUT2D eigenvalue weighted by Gasteiger charge is -2.16. The Hall–Kier alpha value is -1.24. The van der Waals surface area contributed by atoms with Crippen molar-refractivity contribution >= 4 is 40.4 Å². The molecule has 0 N–H and O–H groups in total. The highest BCUT2D eigenvalue weighted by Gasteiger charge is 2.18. The number of nitrogens with zero attached hydrogens (tertiary/aromatic N) is 4. The maximum Gasteiger partial charge on any atom is 0.257 e. The Balaban J connectivity index is 2.17. The molecular formula is C10H8Cl2N4OS. The molecule has 2 aromatic heterocycles. The van der Waals surface area contributed by atoms with Crippen LogP contribution < -0.4 is 0 Å². The third-order valence-electron chi connectivity index (χ3n) is 2.18. The predicted octanol–water partition coefficient (Wildman–Crippen LogP) is 2.51. The molecule has 18 heavy (non-hydrogen) atoms. The molecule has 2 heterocycles. The molecule has 0 bridgehead atoms. The second-order valence-corrected chi connectivity index (χ2v) is 4.98. The average Bonchev–Trinajstić information content (AvgIpc) is 2.84. The number of amides is 1. The van der Waals surface area contributed by atoms with E-state index in [1.165, 1.54) is 22.3 Å². The summed E-state index contributed by atoms with van der Waals surface area (Å²) in [5.74, 6) is -0.273. The molecule has 8 heteroatoms. The van der Waals surface area contributed by atoms with E-state index >= 15 is 0 Å². The van der Waals surface area contributed by atoms with Gasteiger partial charge < -0.3 is 4.90 Å². The molecule has 94 valence electrons. The number of aromatic nitrogens is 3. The fourth-order valence-electron chi connectivity index (χ4n) is 1.34. The number of rotatable bonds is 3. The number of carbonyl (C=O) groups is 1. The first kappa shape index (κ1) is 13.2. The first-order valence-electron chi connectivity index (χ1n) is 4.89. The summed E-state index contributed by atoms with van der Waals surface area (Å²) in [6.07, 6.45) is 0. The lowest BCUT2D eigenvalue weighted by atomic mass is 10.2. The van der Waals surface area contributed by atoms with Crippen LogP contribution in [0.2, 0.25) is 10.3 Å². The van der Waals surface area contributed by atoms with Crippen LogP contribution in [0.1, 0.15) is 16.1 Å². The van der Waals surface area contributed by atoms with Crippen molar-refractivity contribution < 1.29 is 4.79 Å². The van der Waals surface area contributed by atoms with Gasteiger partial charge in [0.1, 0.15) is 0 Å². The summed E-state index contributed by atoms with van der Waals surface area (Å²) in [5.41, 5.74) is 2.76. The fraction of sp³-hybridized carbons (Fsp3) is 0.200. The highest BCUT2D eigenvalue weighted by Crippen LogP contribution is 2.18. The Morgan fingerprint density at radius 2 is 2.22 bits per heavy atom. The summed E-state index contributed by atoms with van der Waals surface area (Å²) in [7, 11) is 1.66. The van der Waals surface area contributed by atoms with Gasteiger partial charge in [0.15, 0.2) is 10.3 Å². The third-order valence-corrected chi connectivity index (χ3v) is 3.28. The van der Waals surface area contributed by atoms with Gasteiger partial charge in [-0.3, -0.25) is 4.79 Å². The summed E-state index contributed by atoms with van der Waals surface area (Å²) in [4.78, 5) is 17.7. The fourth-order valence-corrected chi connectivity index (χ4v) is 2.21. The first-order valence-corrected chi connectivity index (χ1v) is 6.59. The quantitative estimate of drug-likeness (QED) is 0.874. The number of hydrogen-bond donors (Lipinski definition) is 0. The van der Waals surface area contributed by atoms with E-state index in [0.717, 1.165) is 5.69 Å². The zero-order chi connectivity index (χ0) is 13.1. The molecule has 0 aliphatic heterocycles. The van der Waals surface area contributed by atoms with E-state index in [0.29, 0.717) is 6.54 Å². The van der Waals surface area contributed by atoms with E-state index in [1.807, 2.05) is 5.38 Å². The van der Waals surface area contributed by atoms with E-state index in [1.54, 1.807) is 12.6 Å². The SMILES string of the molecule is CN(Cc1cscn1)C(=O)c1cc(Cl)nnc1Cl. The Morgan fingerprint density at radius 1 is 1.44 bits per heavy atom. The largest absolute Gasteiger partial charge is 0.336 e. The minimum Gasteiger partial charge on any atom is -0.336 e. The number of carbonyl (C=O) groups excluding carboxylic acids is 1. The topological polar surface area (TPSA) is 59.0 Å². The van der Waals surface area contributed by atoms with Crippen molar-refractivity contribution in [3.05, 3.63) is 38.5 Å². The summed E-state index contributed by atoms with van der Waals surface area (Å²) < 4.78 is 0. The lowest BCUT2D eigenvalue weighted by molar-refractivity contribution is 0.0783. The molecule has 0 fully saturated rings. The number of halogens is 2. The Labute approximate surface area is 117 Å². The van der Waals surface area contributed by atoms with E-state index in [4.69, 9.17) is 23.2 Å². The highest BCUT2D eigenvalue weighted by atomic mass is 35.5. The summed E-state index contributed by atoms with van der Waals surface area (Å²) >= 11 is 13.0. The van der Waals surface area contributed by atoms with Crippen molar-refractivity contribution in [2.45, 2.75) is 6.54 Å². The van der Waals surface area contributed by atoms with Gasteiger partial charge in [0.2, 0.25) is 0 Å². The Kier molecular flexibility index (Phi) is 4.11. The second kappa shape index (κ2) is 5.60. The molecule has 0 atom stereocenters. The molecule has 1 amide bonds. The van der Waals surface area contributed by atoms with E-state index in [2.05, 4.69) is 15.2 Å². The molecule has 0 spiro atoms. The Morgan fingerprint density at radius 3 is 2.89 bits per heavy atom. The van der Waals surface area contributed by atoms with Crippen LogP contribution in [0, 0.1) is 0 Å². The molecule has 0 radical (unpaired) electrons. The van der Waals surface area contributed by atoms with Gasteiger partial charge in [-0.15, -0.1) is 21.5 Å². The van der Waals surface area contributed by atoms with Crippen LogP contribution >= 0.6 is 34.5 Å². The molecule has 0 saturated heterocycles. The van der Waals surface area contributed by atoms with Gasteiger partial charge >= 0.3 is 0 Å². The summed E-state index contributed by atoms with van der Waals surface area (Å²) in [5, 5.41) is 9.20. The van der Waals surface area contributed by atoms with Crippen molar-refractivity contribution in [2.75, 3.05) is 7.05 Å². The van der Waals surface area contributed by atoms with Gasteiger partial charge in [0.05, 0.1) is 23.3 Å². The van der Waals surface area contributed by atoms with Crippen LogP contribution in [-0.2, 0) is 6.54 Å². The van der Waals surface area contributed by atoms with Crippen molar-refractivity contribution in [1.82, 2.24) is 20.1 Å². The zero-order valence-electron chi connectivity index (χ0n) is 9.30. The molecule has 0 aliphatic rings. The van der Waals surface area contributed by atoms with Crippen molar-refractivity contribution in [3.8, 4) is 0 Å². The monoisotopic (exact) mass is 302 g/mol. The predicted molar refractivity (Wildman–Crippen MR) is 70.0 cm³/mol. The Bertz CT molecular complexity index is 561. The van der Waals surface area contributed by atoms with Crippen molar-refractivity contribution in [2.24, 2.45) is 0 Å². The molecule has 0 unspecified atom stereocenters. The van der Waals surface area contributed by atoms with Crippen LogP contribution in [0.4, 0.5) is 0 Å². The zero-order valence-corrected chi connectivity index (χ0v) is 11.6. The molecule has 2 rings (SSSR count). The third kappa shape index (κ3) is 2.95. The van der Waals surface area contributed by atoms with Crippen LogP contribution in [0.25, 0.3) is 0 Å². The average molecular weight is 303 g/mol. The normalized spacial score (nSPS) is 10.4. The molecular weight excluding hydrogens is 295 g/mol. The van der Waals surface area contributed by atoms with Crippen LogP contribution in [0.5, 0.6) is 0 Å². The molecule has 0 saturated carbocycles. The molecule has 5 nitrogen and oxygen atoms in total. The van der Waals surface area contributed by atoms with Crippen LogP contribution in [0.3, 0.4) is 0 Å². The van der Waals surface area contributed by atoms with E-state index in [9.17, 15) is 4.79 Å². The first-order chi connectivity index (χ1) is 8.58. The highest BCUT2D eigenvalue weighted by molar-refractivity contribution is 7.07. The lowest BCUT2D eigenvalue weighted by Crippen LogP contribution is -2.27.